The van der Waals surface area contributed by atoms with Crippen molar-refractivity contribution in [3.05, 3.63) is 0 Å². The van der Waals surface area contributed by atoms with Crippen molar-refractivity contribution in [1.82, 2.24) is 5.32 Å². The summed E-state index contributed by atoms with van der Waals surface area (Å²) in [7, 11) is 0. The van der Waals surface area contributed by atoms with E-state index in [1.165, 1.54) is 0 Å². The highest BCUT2D eigenvalue weighted by Crippen LogP contribution is 2.45. The van der Waals surface area contributed by atoms with E-state index in [1.54, 1.807) is 27.7 Å². The zero-order valence-electron chi connectivity index (χ0n) is 9.49. The molecule has 0 saturated heterocycles. The van der Waals surface area contributed by atoms with Gasteiger partial charge in [0.2, 0.25) is 0 Å². The van der Waals surface area contributed by atoms with Gasteiger partial charge in [-0.3, -0.25) is 0 Å². The first-order chi connectivity index (χ1) is 6.52. The molecule has 0 spiro atoms. The van der Waals surface area contributed by atoms with Crippen molar-refractivity contribution < 1.29 is 18.3 Å². The Kier molecular flexibility index (Phi) is 2.70. The van der Waals surface area contributed by atoms with Crippen LogP contribution in [0.1, 0.15) is 40.5 Å². The van der Waals surface area contributed by atoms with Crippen molar-refractivity contribution in [2.45, 2.75) is 57.6 Å². The van der Waals surface area contributed by atoms with Crippen LogP contribution in [-0.4, -0.2) is 23.2 Å². The van der Waals surface area contributed by atoms with Crippen LogP contribution in [0.5, 0.6) is 0 Å². The van der Waals surface area contributed by atoms with Crippen LogP contribution in [0, 0.1) is 0 Å². The van der Waals surface area contributed by atoms with Crippen LogP contribution < -0.4 is 5.32 Å². The number of rotatable bonds is 1. The minimum absolute atomic E-state index is 0.320. The third-order valence-corrected chi connectivity index (χ3v) is 2.10. The van der Waals surface area contributed by atoms with Gasteiger partial charge in [-0.05, 0) is 27.7 Å². The highest BCUT2D eigenvalue weighted by molar-refractivity contribution is 5.69. The second-order valence-corrected chi connectivity index (χ2v) is 5.40. The Morgan fingerprint density at radius 2 is 1.80 bits per heavy atom. The highest BCUT2D eigenvalue weighted by atomic mass is 19.3. The van der Waals surface area contributed by atoms with Gasteiger partial charge in [-0.2, -0.15) is 0 Å². The van der Waals surface area contributed by atoms with Crippen LogP contribution in [0.2, 0.25) is 0 Å². The first kappa shape index (κ1) is 12.2. The summed E-state index contributed by atoms with van der Waals surface area (Å²) in [6.45, 7) is 6.77. The molecule has 0 atom stereocenters. The lowest BCUT2D eigenvalue weighted by Crippen LogP contribution is -2.60. The molecule has 1 aliphatic carbocycles. The van der Waals surface area contributed by atoms with E-state index in [1.807, 2.05) is 0 Å². The summed E-state index contributed by atoms with van der Waals surface area (Å²) in [5.74, 6) is -2.65. The average molecular weight is 221 g/mol. The SMILES string of the molecule is CC1(NC(=O)OC(C)(C)C)CC(F)(F)C1. The Morgan fingerprint density at radius 1 is 1.33 bits per heavy atom. The van der Waals surface area contributed by atoms with E-state index in [-0.39, 0.29) is 12.8 Å². The van der Waals surface area contributed by atoms with Gasteiger partial charge in [-0.15, -0.1) is 0 Å². The lowest BCUT2D eigenvalue weighted by atomic mass is 9.75. The number of halogens is 2. The second-order valence-electron chi connectivity index (χ2n) is 5.40. The molecular weight excluding hydrogens is 204 g/mol. The molecule has 0 heterocycles. The van der Waals surface area contributed by atoms with E-state index in [4.69, 9.17) is 4.74 Å². The van der Waals surface area contributed by atoms with Gasteiger partial charge in [-0.25, -0.2) is 13.6 Å². The van der Waals surface area contributed by atoms with E-state index >= 15 is 0 Å². The molecule has 0 aromatic heterocycles. The smallest absolute Gasteiger partial charge is 0.408 e. The van der Waals surface area contributed by atoms with Gasteiger partial charge in [0.15, 0.2) is 0 Å². The van der Waals surface area contributed by atoms with Gasteiger partial charge in [0.05, 0.1) is 5.54 Å². The summed E-state index contributed by atoms with van der Waals surface area (Å²) in [5, 5.41) is 2.46. The molecule has 1 saturated carbocycles. The molecule has 0 bridgehead atoms. The molecule has 0 aliphatic heterocycles. The van der Waals surface area contributed by atoms with Gasteiger partial charge in [-0.1, -0.05) is 0 Å². The molecule has 1 fully saturated rings. The Balaban J connectivity index is 2.41. The predicted octanol–water partition coefficient (Wildman–Crippen LogP) is 2.70. The summed E-state index contributed by atoms with van der Waals surface area (Å²) in [4.78, 5) is 11.3. The standard InChI is InChI=1S/C10H17F2NO2/c1-8(2,3)15-7(14)13-9(4)5-10(11,12)6-9/h5-6H2,1-4H3,(H,13,14). The average Bonchev–Trinajstić information content (AvgIpc) is 1.73. The summed E-state index contributed by atoms with van der Waals surface area (Å²) < 4.78 is 30.2. The summed E-state index contributed by atoms with van der Waals surface area (Å²) >= 11 is 0. The molecule has 1 N–H and O–H groups in total. The van der Waals surface area contributed by atoms with Gasteiger partial charge in [0.25, 0.3) is 5.92 Å². The number of alkyl carbamates (subject to hydrolysis) is 1. The molecule has 0 aromatic rings. The normalized spacial score (nSPS) is 22.8. The number of nitrogens with one attached hydrogen (secondary N) is 1. The molecule has 0 radical (unpaired) electrons. The maximum absolute atomic E-state index is 12.6. The maximum Gasteiger partial charge on any atom is 0.408 e. The molecule has 3 nitrogen and oxygen atoms in total. The minimum Gasteiger partial charge on any atom is -0.444 e. The summed E-state index contributed by atoms with van der Waals surface area (Å²) in [5.41, 5.74) is -1.43. The van der Waals surface area contributed by atoms with Crippen LogP contribution >= 0.6 is 0 Å². The number of alkyl halides is 2. The van der Waals surface area contributed by atoms with Crippen molar-refractivity contribution in [3.8, 4) is 0 Å². The van der Waals surface area contributed by atoms with Crippen LogP contribution in [-0.2, 0) is 4.74 Å². The van der Waals surface area contributed by atoms with E-state index in [0.29, 0.717) is 0 Å². The van der Waals surface area contributed by atoms with Crippen LogP contribution in [0.3, 0.4) is 0 Å². The third-order valence-electron chi connectivity index (χ3n) is 2.10. The monoisotopic (exact) mass is 221 g/mol. The fraction of sp³-hybridized carbons (Fsp3) is 0.900. The lowest BCUT2D eigenvalue weighted by molar-refractivity contribution is -0.126. The van der Waals surface area contributed by atoms with Crippen molar-refractivity contribution >= 4 is 6.09 Å². The fourth-order valence-corrected chi connectivity index (χ4v) is 1.73. The number of amides is 1. The number of hydrogen-bond acceptors (Lipinski definition) is 2. The van der Waals surface area contributed by atoms with Crippen LogP contribution in [0.25, 0.3) is 0 Å². The van der Waals surface area contributed by atoms with Gasteiger partial charge < -0.3 is 10.1 Å². The second kappa shape index (κ2) is 3.32. The van der Waals surface area contributed by atoms with Crippen molar-refractivity contribution in [2.75, 3.05) is 0 Å². The number of carbonyl (C=O) groups excluding carboxylic acids is 1. The Labute approximate surface area is 88.2 Å². The van der Waals surface area contributed by atoms with E-state index in [0.717, 1.165) is 0 Å². The molecule has 0 unspecified atom stereocenters. The van der Waals surface area contributed by atoms with E-state index < -0.39 is 23.2 Å². The van der Waals surface area contributed by atoms with Crippen molar-refractivity contribution in [3.63, 3.8) is 0 Å². The molecular formula is C10H17F2NO2. The molecule has 5 heteroatoms. The first-order valence-corrected chi connectivity index (χ1v) is 4.90. The predicted molar refractivity (Wildman–Crippen MR) is 52.0 cm³/mol. The topological polar surface area (TPSA) is 38.3 Å². The molecule has 1 rings (SSSR count). The largest absolute Gasteiger partial charge is 0.444 e. The lowest BCUT2D eigenvalue weighted by Gasteiger charge is -2.45. The zero-order valence-corrected chi connectivity index (χ0v) is 9.49. The molecule has 15 heavy (non-hydrogen) atoms. The van der Waals surface area contributed by atoms with Crippen LogP contribution in [0.15, 0.2) is 0 Å². The minimum atomic E-state index is -2.65. The van der Waals surface area contributed by atoms with Gasteiger partial charge in [0, 0.05) is 12.8 Å². The number of hydrogen-bond donors (Lipinski definition) is 1. The number of carbonyl (C=O) groups is 1. The van der Waals surface area contributed by atoms with Gasteiger partial charge in [0.1, 0.15) is 5.60 Å². The van der Waals surface area contributed by atoms with E-state index in [2.05, 4.69) is 5.32 Å². The summed E-state index contributed by atoms with van der Waals surface area (Å²) in [6, 6.07) is 0. The Bertz CT molecular complexity index is 263. The van der Waals surface area contributed by atoms with Crippen molar-refractivity contribution in [1.29, 1.82) is 0 Å². The highest BCUT2D eigenvalue weighted by Gasteiger charge is 2.54. The summed E-state index contributed by atoms with van der Waals surface area (Å²) in [6.07, 6.45) is -1.28. The fourth-order valence-electron chi connectivity index (χ4n) is 1.73. The Morgan fingerprint density at radius 3 is 2.13 bits per heavy atom. The van der Waals surface area contributed by atoms with E-state index in [9.17, 15) is 13.6 Å². The van der Waals surface area contributed by atoms with Crippen LogP contribution in [0.4, 0.5) is 13.6 Å². The quantitative estimate of drug-likeness (QED) is 0.739. The molecule has 1 amide bonds. The zero-order chi connectivity index (χ0) is 11.9. The molecule has 88 valence electrons. The molecule has 0 aromatic carbocycles. The van der Waals surface area contributed by atoms with Gasteiger partial charge >= 0.3 is 6.09 Å². The third kappa shape index (κ3) is 3.64. The first-order valence-electron chi connectivity index (χ1n) is 4.90. The van der Waals surface area contributed by atoms with Crippen molar-refractivity contribution in [2.24, 2.45) is 0 Å². The maximum atomic E-state index is 12.6. The molecule has 1 aliphatic rings. The Hall–Kier alpha value is -0.870. The number of ether oxygens (including phenoxy) is 1.